The van der Waals surface area contributed by atoms with Gasteiger partial charge in [-0.2, -0.15) is 0 Å². The van der Waals surface area contributed by atoms with E-state index in [2.05, 4.69) is 20.4 Å². The van der Waals surface area contributed by atoms with Gasteiger partial charge in [0.05, 0.1) is 11.2 Å². The molecule has 6 nitrogen and oxygen atoms in total. The van der Waals surface area contributed by atoms with Gasteiger partial charge < -0.3 is 23.6 Å². The number of aliphatic hydroxyl groups excluding tert-OH is 1. The zero-order valence-corrected chi connectivity index (χ0v) is 18.6. The van der Waals surface area contributed by atoms with E-state index < -0.39 is 30.4 Å². The second-order valence-corrected chi connectivity index (χ2v) is 8.72. The molecule has 1 fully saturated rings. The van der Waals surface area contributed by atoms with Crippen molar-refractivity contribution in [1.29, 1.82) is 0 Å². The summed E-state index contributed by atoms with van der Waals surface area (Å²) in [6.45, 7) is 17.5. The number of furan rings is 1. The lowest BCUT2D eigenvalue weighted by Gasteiger charge is -2.32. The van der Waals surface area contributed by atoms with Gasteiger partial charge in [-0.15, -0.1) is 0 Å². The zero-order chi connectivity index (χ0) is 22.0. The van der Waals surface area contributed by atoms with Crippen LogP contribution in [0.25, 0.3) is 0 Å². The van der Waals surface area contributed by atoms with E-state index in [1.54, 1.807) is 12.1 Å². The number of aliphatic hydroxyl groups is 1. The quantitative estimate of drug-likeness (QED) is 0.390. The van der Waals surface area contributed by atoms with Crippen LogP contribution in [0.2, 0.25) is 0 Å². The van der Waals surface area contributed by atoms with Crippen molar-refractivity contribution in [1.82, 2.24) is 0 Å². The van der Waals surface area contributed by atoms with Crippen LogP contribution < -0.4 is 0 Å². The first-order chi connectivity index (χ1) is 13.4. The molecule has 160 valence electrons. The lowest BCUT2D eigenvalue weighted by molar-refractivity contribution is -0.147. The minimum Gasteiger partial charge on any atom is -0.460 e. The van der Waals surface area contributed by atoms with Crippen LogP contribution in [0, 0.1) is 5.92 Å². The Morgan fingerprint density at radius 3 is 2.28 bits per heavy atom. The van der Waals surface area contributed by atoms with Gasteiger partial charge in [0.15, 0.2) is 6.10 Å². The summed E-state index contributed by atoms with van der Waals surface area (Å²) in [5.41, 5.74) is 0.797. The monoisotopic (exact) mass is 404 g/mol. The first kappa shape index (κ1) is 23.5. The molecule has 0 unspecified atom stereocenters. The van der Waals surface area contributed by atoms with Gasteiger partial charge in [-0.25, -0.2) is 0 Å². The van der Waals surface area contributed by atoms with E-state index in [1.165, 1.54) is 6.92 Å². The van der Waals surface area contributed by atoms with Crippen molar-refractivity contribution < 1.29 is 28.4 Å². The maximum Gasteiger partial charge on any atom is 0.494 e. The van der Waals surface area contributed by atoms with Crippen LogP contribution in [0.5, 0.6) is 0 Å². The topological polar surface area (TPSA) is 78.1 Å². The number of hydrogen-bond acceptors (Lipinski definition) is 6. The van der Waals surface area contributed by atoms with E-state index in [9.17, 15) is 9.90 Å². The first-order valence-corrected chi connectivity index (χ1v) is 9.99. The van der Waals surface area contributed by atoms with Crippen LogP contribution in [0.4, 0.5) is 0 Å². The number of rotatable bonds is 8. The van der Waals surface area contributed by atoms with Gasteiger partial charge in [0.25, 0.3) is 0 Å². The van der Waals surface area contributed by atoms with Crippen molar-refractivity contribution in [3.8, 4) is 0 Å². The van der Waals surface area contributed by atoms with Crippen molar-refractivity contribution in [3.05, 3.63) is 47.4 Å². The third-order valence-corrected chi connectivity index (χ3v) is 5.59. The molecule has 1 aliphatic rings. The van der Waals surface area contributed by atoms with Crippen molar-refractivity contribution in [2.75, 3.05) is 0 Å². The van der Waals surface area contributed by atoms with Crippen molar-refractivity contribution >= 4 is 13.1 Å². The molecule has 1 aromatic heterocycles. The lowest BCUT2D eigenvalue weighted by atomic mass is 9.70. The molecule has 0 bridgehead atoms. The van der Waals surface area contributed by atoms with E-state index in [4.69, 9.17) is 18.5 Å². The highest BCUT2D eigenvalue weighted by atomic mass is 16.7. The van der Waals surface area contributed by atoms with Crippen LogP contribution >= 0.6 is 0 Å². The summed E-state index contributed by atoms with van der Waals surface area (Å²) in [7, 11) is -0.558. The molecule has 1 saturated heterocycles. The summed E-state index contributed by atoms with van der Waals surface area (Å²) in [6, 6.07) is 3.37. The number of carbonyl (C=O) groups excluding carboxylic acids is 1. The minimum atomic E-state index is -0.620. The third-order valence-electron chi connectivity index (χ3n) is 5.59. The van der Waals surface area contributed by atoms with Crippen LogP contribution in [0.3, 0.4) is 0 Å². The maximum absolute atomic E-state index is 11.6. The molecule has 0 aromatic carbocycles. The highest BCUT2D eigenvalue weighted by Crippen LogP contribution is 2.41. The lowest BCUT2D eigenvalue weighted by Crippen LogP contribution is -2.41. The first-order valence-electron chi connectivity index (χ1n) is 9.99. The molecular weight excluding hydrogens is 371 g/mol. The highest BCUT2D eigenvalue weighted by molar-refractivity contribution is 6.56. The Bertz CT molecular complexity index is 758. The Morgan fingerprint density at radius 2 is 1.83 bits per heavy atom. The van der Waals surface area contributed by atoms with Gasteiger partial charge in [0.1, 0.15) is 18.1 Å². The van der Waals surface area contributed by atoms with Gasteiger partial charge in [-0.3, -0.25) is 4.79 Å². The number of esters is 1. The Hall–Kier alpha value is -1.83. The van der Waals surface area contributed by atoms with Gasteiger partial charge in [0, 0.05) is 13.3 Å². The zero-order valence-electron chi connectivity index (χ0n) is 18.6. The van der Waals surface area contributed by atoms with Crippen LogP contribution in [-0.4, -0.2) is 29.4 Å². The third kappa shape index (κ3) is 5.41. The molecular formula is C22H33BO6. The molecule has 29 heavy (non-hydrogen) atoms. The predicted octanol–water partition coefficient (Wildman–Crippen LogP) is 4.54. The minimum absolute atomic E-state index is 0.192. The second kappa shape index (κ2) is 8.90. The molecule has 0 amide bonds. The average Bonchev–Trinajstić information content (AvgIpc) is 3.15. The fraction of sp³-hybridized carbons (Fsp3) is 0.591. The van der Waals surface area contributed by atoms with E-state index in [0.29, 0.717) is 17.9 Å². The van der Waals surface area contributed by atoms with Crippen LogP contribution in [0.15, 0.2) is 40.3 Å². The summed E-state index contributed by atoms with van der Waals surface area (Å²) >= 11 is 0. The van der Waals surface area contributed by atoms with E-state index in [0.717, 1.165) is 11.0 Å². The molecule has 0 saturated carbocycles. The second-order valence-electron chi connectivity index (χ2n) is 8.72. The molecule has 2 rings (SSSR count). The number of ether oxygens (including phenoxy) is 1. The molecule has 1 atom stereocenters. The SMILES string of the molecule is C=C(/C(=C/C[C@@H](OC(C)=O)c1ccc(CO)o1)B1OC(C)(C)C(C)(C)O1)C(C)C. The van der Waals surface area contributed by atoms with E-state index in [1.807, 2.05) is 33.8 Å². The van der Waals surface area contributed by atoms with E-state index >= 15 is 0 Å². The normalized spacial score (nSPS) is 19.5. The van der Waals surface area contributed by atoms with Gasteiger partial charge in [-0.05, 0) is 51.2 Å². The average molecular weight is 404 g/mol. The fourth-order valence-electron chi connectivity index (χ4n) is 2.99. The Morgan fingerprint density at radius 1 is 1.24 bits per heavy atom. The molecule has 1 aromatic rings. The van der Waals surface area contributed by atoms with Gasteiger partial charge in [0.2, 0.25) is 0 Å². The Labute approximate surface area is 174 Å². The van der Waals surface area contributed by atoms with Crippen LogP contribution in [0.1, 0.15) is 72.5 Å². The summed E-state index contributed by atoms with van der Waals surface area (Å²) < 4.78 is 23.5. The van der Waals surface area contributed by atoms with Gasteiger partial charge >= 0.3 is 13.1 Å². The van der Waals surface area contributed by atoms with Crippen LogP contribution in [-0.2, 0) is 25.4 Å². The number of allylic oxidation sites excluding steroid dienone is 2. The molecule has 7 heteroatoms. The van der Waals surface area contributed by atoms with Crippen molar-refractivity contribution in [2.24, 2.45) is 5.92 Å². The number of hydrogen-bond donors (Lipinski definition) is 1. The van der Waals surface area contributed by atoms with Gasteiger partial charge in [-0.1, -0.05) is 32.1 Å². The maximum atomic E-state index is 11.6. The van der Waals surface area contributed by atoms with Crippen molar-refractivity contribution in [3.63, 3.8) is 0 Å². The fourth-order valence-corrected chi connectivity index (χ4v) is 2.99. The summed E-state index contributed by atoms with van der Waals surface area (Å²) in [6.07, 6.45) is 1.69. The molecule has 0 spiro atoms. The standard InChI is InChI=1S/C22H33BO6/c1-14(2)15(3)18(23-28-21(5,6)22(7,8)29-23)10-12-19(26-16(4)25)20-11-9-17(13-24)27-20/h9-11,14,19,24H,3,12-13H2,1-2,4-8H3/b18-10-/t19-/m1/s1. The molecule has 0 aliphatic carbocycles. The highest BCUT2D eigenvalue weighted by Gasteiger charge is 2.52. The van der Waals surface area contributed by atoms with Crippen molar-refractivity contribution in [2.45, 2.75) is 78.8 Å². The summed E-state index contributed by atoms with van der Waals surface area (Å²) in [5, 5.41) is 9.25. The Balaban J connectivity index is 2.33. The van der Waals surface area contributed by atoms with E-state index in [-0.39, 0.29) is 12.5 Å². The molecule has 1 aliphatic heterocycles. The Kier molecular flexibility index (Phi) is 7.20. The smallest absolute Gasteiger partial charge is 0.460 e. The predicted molar refractivity (Wildman–Crippen MR) is 112 cm³/mol. The molecule has 0 radical (unpaired) electrons. The summed E-state index contributed by atoms with van der Waals surface area (Å²) in [5.74, 6) is 0.671. The number of carbonyl (C=O) groups is 1. The molecule has 2 heterocycles. The molecule has 1 N–H and O–H groups in total. The largest absolute Gasteiger partial charge is 0.494 e. The summed E-state index contributed by atoms with van der Waals surface area (Å²) in [4.78, 5) is 11.6.